The molecule has 2 fully saturated rings. The van der Waals surface area contributed by atoms with Gasteiger partial charge in [-0.2, -0.15) is 0 Å². The molecule has 0 unspecified atom stereocenters. The molecule has 3 atom stereocenters. The number of benzene rings is 2. The van der Waals surface area contributed by atoms with Gasteiger partial charge >= 0.3 is 0 Å². The van der Waals surface area contributed by atoms with E-state index in [9.17, 15) is 9.59 Å². The van der Waals surface area contributed by atoms with Crippen LogP contribution < -0.4 is 4.74 Å². The number of hydrogen-bond donors (Lipinski definition) is 0. The van der Waals surface area contributed by atoms with Gasteiger partial charge in [-0.25, -0.2) is 0 Å². The second kappa shape index (κ2) is 9.06. The Labute approximate surface area is 193 Å². The van der Waals surface area contributed by atoms with Crippen molar-refractivity contribution in [2.75, 3.05) is 26.7 Å². The van der Waals surface area contributed by atoms with Crippen LogP contribution in [0.15, 0.2) is 79.0 Å². The van der Waals surface area contributed by atoms with Crippen LogP contribution in [0.25, 0.3) is 0 Å². The highest BCUT2D eigenvalue weighted by atomic mass is 16.5. The van der Waals surface area contributed by atoms with Crippen molar-refractivity contribution in [3.63, 3.8) is 0 Å². The van der Waals surface area contributed by atoms with Crippen molar-refractivity contribution in [2.24, 2.45) is 5.92 Å². The molecule has 2 aliphatic heterocycles. The number of fused-ring (bicyclic) bond motifs is 1. The molecule has 2 aromatic carbocycles. The third-order valence-corrected chi connectivity index (χ3v) is 6.91. The van der Waals surface area contributed by atoms with Gasteiger partial charge in [0, 0.05) is 49.3 Å². The maximum Gasteiger partial charge on any atom is 0.272 e. The summed E-state index contributed by atoms with van der Waals surface area (Å²) in [5, 5.41) is 0. The first kappa shape index (κ1) is 21.2. The van der Waals surface area contributed by atoms with Crippen LogP contribution in [-0.4, -0.2) is 59.4 Å². The molecule has 0 saturated carbocycles. The average molecular weight is 442 g/mol. The molecule has 2 amide bonds. The van der Waals surface area contributed by atoms with E-state index in [0.29, 0.717) is 30.9 Å². The van der Waals surface area contributed by atoms with Crippen molar-refractivity contribution in [3.05, 3.63) is 95.8 Å². The summed E-state index contributed by atoms with van der Waals surface area (Å²) in [6.07, 6.45) is 2.40. The first-order chi connectivity index (χ1) is 16.2. The molecule has 3 heterocycles. The van der Waals surface area contributed by atoms with Gasteiger partial charge in [0.1, 0.15) is 11.4 Å². The van der Waals surface area contributed by atoms with E-state index in [1.165, 1.54) is 0 Å². The van der Waals surface area contributed by atoms with E-state index in [4.69, 9.17) is 4.74 Å². The van der Waals surface area contributed by atoms with Crippen molar-refractivity contribution >= 4 is 11.8 Å². The zero-order valence-corrected chi connectivity index (χ0v) is 18.6. The molecule has 2 aliphatic rings. The van der Waals surface area contributed by atoms with E-state index in [1.54, 1.807) is 19.4 Å². The second-order valence-corrected chi connectivity index (χ2v) is 8.69. The Morgan fingerprint density at radius 3 is 2.52 bits per heavy atom. The number of piperidine rings is 1. The van der Waals surface area contributed by atoms with Gasteiger partial charge in [-0.05, 0) is 48.4 Å². The fourth-order valence-electron chi connectivity index (χ4n) is 5.28. The first-order valence-electron chi connectivity index (χ1n) is 11.4. The number of likely N-dealkylation sites (tertiary alicyclic amines) is 2. The monoisotopic (exact) mass is 441 g/mol. The predicted octanol–water partition coefficient (Wildman–Crippen LogP) is 3.86. The van der Waals surface area contributed by atoms with E-state index in [0.717, 1.165) is 17.7 Å². The minimum atomic E-state index is -0.0497. The number of carbonyl (C=O) groups is 2. The van der Waals surface area contributed by atoms with Gasteiger partial charge in [0.15, 0.2) is 0 Å². The lowest BCUT2D eigenvalue weighted by Crippen LogP contribution is -2.49. The molecule has 2 saturated heterocycles. The fraction of sp³-hybridized carbons (Fsp3) is 0.296. The van der Waals surface area contributed by atoms with E-state index < -0.39 is 0 Å². The molecule has 0 spiro atoms. The minimum Gasteiger partial charge on any atom is -0.497 e. The van der Waals surface area contributed by atoms with Gasteiger partial charge in [0.2, 0.25) is 0 Å². The normalized spacial score (nSPS) is 22.0. The maximum absolute atomic E-state index is 13.4. The Morgan fingerprint density at radius 2 is 1.76 bits per heavy atom. The largest absolute Gasteiger partial charge is 0.497 e. The number of carbonyl (C=O) groups excluding carboxylic acids is 2. The molecule has 33 heavy (non-hydrogen) atoms. The van der Waals surface area contributed by atoms with Crippen LogP contribution in [0.4, 0.5) is 0 Å². The number of nitrogens with zero attached hydrogens (tertiary/aromatic N) is 3. The summed E-state index contributed by atoms with van der Waals surface area (Å²) >= 11 is 0. The summed E-state index contributed by atoms with van der Waals surface area (Å²) in [6, 6.07) is 23.0. The number of amides is 2. The molecular weight excluding hydrogens is 414 g/mol. The maximum atomic E-state index is 13.4. The first-order valence-corrected chi connectivity index (χ1v) is 11.4. The second-order valence-electron chi connectivity index (χ2n) is 8.69. The number of methoxy groups -OCH3 is 1. The van der Waals surface area contributed by atoms with Crippen molar-refractivity contribution in [2.45, 2.75) is 18.4 Å². The lowest BCUT2D eigenvalue weighted by molar-refractivity contribution is 0.0530. The third kappa shape index (κ3) is 4.09. The molecule has 1 aromatic heterocycles. The fourth-order valence-corrected chi connectivity index (χ4v) is 5.28. The Bertz CT molecular complexity index is 1140. The van der Waals surface area contributed by atoms with Gasteiger partial charge < -0.3 is 14.5 Å². The Balaban J connectivity index is 1.46. The minimum absolute atomic E-state index is 0.0497. The van der Waals surface area contributed by atoms with Crippen LogP contribution >= 0.6 is 0 Å². The summed E-state index contributed by atoms with van der Waals surface area (Å²) in [7, 11) is 1.66. The van der Waals surface area contributed by atoms with Gasteiger partial charge in [0.05, 0.1) is 7.11 Å². The molecule has 5 rings (SSSR count). The van der Waals surface area contributed by atoms with Crippen molar-refractivity contribution in [3.8, 4) is 5.75 Å². The number of pyridine rings is 1. The van der Waals surface area contributed by atoms with Crippen LogP contribution in [0.3, 0.4) is 0 Å². The highest BCUT2D eigenvalue weighted by Crippen LogP contribution is 2.43. The summed E-state index contributed by atoms with van der Waals surface area (Å²) in [5.41, 5.74) is 2.30. The lowest BCUT2D eigenvalue weighted by Gasteiger charge is -2.39. The van der Waals surface area contributed by atoms with Crippen molar-refractivity contribution in [1.29, 1.82) is 0 Å². The van der Waals surface area contributed by atoms with Crippen molar-refractivity contribution < 1.29 is 14.3 Å². The Hall–Kier alpha value is -3.67. The lowest BCUT2D eigenvalue weighted by atomic mass is 9.81. The summed E-state index contributed by atoms with van der Waals surface area (Å²) in [5.74, 6) is 1.07. The van der Waals surface area contributed by atoms with Crippen LogP contribution in [0.5, 0.6) is 5.75 Å². The molecule has 6 nitrogen and oxygen atoms in total. The van der Waals surface area contributed by atoms with Crippen LogP contribution in [0.1, 0.15) is 38.7 Å². The Morgan fingerprint density at radius 1 is 0.939 bits per heavy atom. The molecule has 0 radical (unpaired) electrons. The highest BCUT2D eigenvalue weighted by molar-refractivity contribution is 5.95. The zero-order valence-electron chi connectivity index (χ0n) is 18.6. The molecule has 3 aromatic rings. The number of aromatic nitrogens is 1. The van der Waals surface area contributed by atoms with E-state index in [-0.39, 0.29) is 29.7 Å². The summed E-state index contributed by atoms with van der Waals surface area (Å²) < 4.78 is 5.46. The van der Waals surface area contributed by atoms with Crippen LogP contribution in [0.2, 0.25) is 0 Å². The topological polar surface area (TPSA) is 62.7 Å². The van der Waals surface area contributed by atoms with Gasteiger partial charge in [0.25, 0.3) is 11.8 Å². The SMILES string of the molecule is COc1cccc([C@H]2CN(C(=O)c3ccccc3)[C@@H]3CCN(C(=O)c4ccccn4)C[C@H]23)c1. The predicted molar refractivity (Wildman–Crippen MR) is 125 cm³/mol. The van der Waals surface area contributed by atoms with Gasteiger partial charge in [-0.1, -0.05) is 36.4 Å². The van der Waals surface area contributed by atoms with E-state index >= 15 is 0 Å². The number of rotatable bonds is 4. The third-order valence-electron chi connectivity index (χ3n) is 6.91. The summed E-state index contributed by atoms with van der Waals surface area (Å²) in [6.45, 7) is 1.84. The standard InChI is InChI=1S/C27H27N3O3/c1-33-21-11-7-10-20(16-21)22-18-30(26(31)19-8-3-2-4-9-19)25-13-15-29(17-23(22)25)27(32)24-12-5-6-14-28-24/h2-12,14,16,22-23,25H,13,15,17-18H2,1H3/t22-,23-,25-/m1/s1. The van der Waals surface area contributed by atoms with Crippen LogP contribution in [-0.2, 0) is 0 Å². The smallest absolute Gasteiger partial charge is 0.272 e. The van der Waals surface area contributed by atoms with Crippen LogP contribution in [0, 0.1) is 5.92 Å². The molecule has 0 aliphatic carbocycles. The molecule has 0 N–H and O–H groups in total. The zero-order chi connectivity index (χ0) is 22.8. The van der Waals surface area contributed by atoms with Gasteiger partial charge in [-0.15, -0.1) is 0 Å². The molecule has 6 heteroatoms. The van der Waals surface area contributed by atoms with E-state index in [2.05, 4.69) is 17.1 Å². The molecule has 0 bridgehead atoms. The average Bonchev–Trinajstić information content (AvgIpc) is 3.27. The van der Waals surface area contributed by atoms with Gasteiger partial charge in [-0.3, -0.25) is 14.6 Å². The summed E-state index contributed by atoms with van der Waals surface area (Å²) in [4.78, 5) is 34.7. The molecular formula is C27H27N3O3. The number of ether oxygens (including phenoxy) is 1. The quantitative estimate of drug-likeness (QED) is 0.617. The number of hydrogen-bond acceptors (Lipinski definition) is 4. The Kier molecular flexibility index (Phi) is 5.82. The highest BCUT2D eigenvalue weighted by Gasteiger charge is 2.48. The van der Waals surface area contributed by atoms with E-state index in [1.807, 2.05) is 64.4 Å². The van der Waals surface area contributed by atoms with Crippen molar-refractivity contribution in [1.82, 2.24) is 14.8 Å². The molecule has 168 valence electrons.